The summed E-state index contributed by atoms with van der Waals surface area (Å²) in [5, 5.41) is 3.48. The van der Waals surface area contributed by atoms with Gasteiger partial charge in [0.2, 0.25) is 5.95 Å². The van der Waals surface area contributed by atoms with E-state index in [2.05, 4.69) is 10.3 Å². The van der Waals surface area contributed by atoms with E-state index in [0.29, 0.717) is 6.04 Å². The third-order valence-corrected chi connectivity index (χ3v) is 3.67. The average Bonchev–Trinajstić information content (AvgIpc) is 2.88. The van der Waals surface area contributed by atoms with Gasteiger partial charge in [-0.15, -0.1) is 0 Å². The van der Waals surface area contributed by atoms with E-state index in [-0.39, 0.29) is 5.82 Å². The highest BCUT2D eigenvalue weighted by molar-refractivity contribution is 5.42. The van der Waals surface area contributed by atoms with Crippen LogP contribution in [0.3, 0.4) is 0 Å². The number of nitrogens with one attached hydrogen (secondary N) is 1. The van der Waals surface area contributed by atoms with Gasteiger partial charge in [0.25, 0.3) is 0 Å². The molecule has 1 N–H and O–H groups in total. The molecule has 0 radical (unpaired) electrons. The molecule has 19 heavy (non-hydrogen) atoms. The predicted molar refractivity (Wildman–Crippen MR) is 74.0 cm³/mol. The third kappa shape index (κ3) is 2.78. The maximum atomic E-state index is 13.3. The highest BCUT2D eigenvalue weighted by atomic mass is 19.1. The second-order valence-corrected chi connectivity index (χ2v) is 5.08. The normalized spacial score (nSPS) is 16.5. The van der Waals surface area contributed by atoms with Gasteiger partial charge in [-0.3, -0.25) is 4.57 Å². The number of rotatable bonds is 3. The second-order valence-electron chi connectivity index (χ2n) is 5.08. The van der Waals surface area contributed by atoms with E-state index in [4.69, 9.17) is 0 Å². The minimum absolute atomic E-state index is 0.227. The fourth-order valence-electron chi connectivity index (χ4n) is 2.67. The fraction of sp³-hybridized carbons (Fsp3) is 0.400. The largest absolute Gasteiger partial charge is 0.353 e. The number of aromatic nitrogens is 2. The van der Waals surface area contributed by atoms with E-state index in [9.17, 15) is 4.39 Å². The molecule has 1 aliphatic carbocycles. The number of halogens is 1. The van der Waals surface area contributed by atoms with Crippen molar-refractivity contribution in [2.75, 3.05) is 5.32 Å². The van der Waals surface area contributed by atoms with Crippen molar-refractivity contribution < 1.29 is 4.39 Å². The summed E-state index contributed by atoms with van der Waals surface area (Å²) in [4.78, 5) is 4.35. The molecule has 0 bridgehead atoms. The summed E-state index contributed by atoms with van der Waals surface area (Å²) in [5.41, 5.74) is 0.802. The van der Waals surface area contributed by atoms with Crippen LogP contribution in [-0.2, 0) is 0 Å². The molecule has 0 atom stereocenters. The maximum absolute atomic E-state index is 13.3. The van der Waals surface area contributed by atoms with Crippen LogP contribution in [0, 0.1) is 5.82 Å². The van der Waals surface area contributed by atoms with Crippen LogP contribution < -0.4 is 5.32 Å². The number of nitrogens with zero attached hydrogens (tertiary/aromatic N) is 2. The maximum Gasteiger partial charge on any atom is 0.207 e. The lowest BCUT2D eigenvalue weighted by molar-refractivity contribution is 0.460. The molecule has 3 nitrogen and oxygen atoms in total. The van der Waals surface area contributed by atoms with Crippen LogP contribution in [0.1, 0.15) is 32.1 Å². The van der Waals surface area contributed by atoms with Gasteiger partial charge in [0.1, 0.15) is 5.82 Å². The molecule has 1 aromatic carbocycles. The zero-order valence-corrected chi connectivity index (χ0v) is 10.8. The minimum Gasteiger partial charge on any atom is -0.353 e. The molecule has 2 aromatic rings. The quantitative estimate of drug-likeness (QED) is 0.909. The molecule has 100 valence electrons. The number of benzene rings is 1. The van der Waals surface area contributed by atoms with Crippen molar-refractivity contribution in [3.63, 3.8) is 0 Å². The lowest BCUT2D eigenvalue weighted by atomic mass is 9.96. The van der Waals surface area contributed by atoms with Gasteiger partial charge >= 0.3 is 0 Å². The van der Waals surface area contributed by atoms with Gasteiger partial charge in [0.15, 0.2) is 0 Å². The van der Waals surface area contributed by atoms with Crippen LogP contribution in [0.15, 0.2) is 36.7 Å². The van der Waals surface area contributed by atoms with Crippen LogP contribution in [-0.4, -0.2) is 15.6 Å². The molecule has 1 heterocycles. The van der Waals surface area contributed by atoms with Gasteiger partial charge < -0.3 is 5.32 Å². The summed E-state index contributed by atoms with van der Waals surface area (Å²) in [6.07, 6.45) is 9.87. The Morgan fingerprint density at radius 3 is 2.84 bits per heavy atom. The summed E-state index contributed by atoms with van der Waals surface area (Å²) in [5.74, 6) is 0.576. The lowest BCUT2D eigenvalue weighted by Crippen LogP contribution is -2.24. The Kier molecular flexibility index (Phi) is 3.49. The van der Waals surface area contributed by atoms with Crippen LogP contribution >= 0.6 is 0 Å². The molecule has 1 fully saturated rings. The molecule has 0 aliphatic heterocycles. The first-order valence-corrected chi connectivity index (χ1v) is 6.89. The lowest BCUT2D eigenvalue weighted by Gasteiger charge is -2.23. The zero-order chi connectivity index (χ0) is 13.1. The van der Waals surface area contributed by atoms with E-state index in [1.165, 1.54) is 44.2 Å². The standard InChI is InChI=1S/C15H18FN3/c16-12-5-4-8-14(11-12)19-10-9-17-15(19)18-13-6-2-1-3-7-13/h4-5,8-11,13H,1-3,6-7H2,(H,17,18). The van der Waals surface area contributed by atoms with Crippen molar-refractivity contribution in [3.8, 4) is 5.69 Å². The van der Waals surface area contributed by atoms with Gasteiger partial charge in [-0.1, -0.05) is 25.3 Å². The first-order valence-electron chi connectivity index (χ1n) is 6.89. The fourth-order valence-corrected chi connectivity index (χ4v) is 2.67. The van der Waals surface area contributed by atoms with Crippen molar-refractivity contribution in [2.24, 2.45) is 0 Å². The van der Waals surface area contributed by atoms with Gasteiger partial charge in [0, 0.05) is 18.4 Å². The predicted octanol–water partition coefficient (Wildman–Crippen LogP) is 3.76. The average molecular weight is 259 g/mol. The number of anilines is 1. The van der Waals surface area contributed by atoms with Gasteiger partial charge in [0.05, 0.1) is 5.69 Å². The van der Waals surface area contributed by atoms with E-state index < -0.39 is 0 Å². The summed E-state index contributed by atoms with van der Waals surface area (Å²) in [7, 11) is 0. The van der Waals surface area contributed by atoms with Crippen LogP contribution in [0.2, 0.25) is 0 Å². The summed E-state index contributed by atoms with van der Waals surface area (Å²) < 4.78 is 15.2. The first-order chi connectivity index (χ1) is 9.33. The summed E-state index contributed by atoms with van der Waals surface area (Å²) in [6.45, 7) is 0. The number of hydrogen-bond acceptors (Lipinski definition) is 2. The molecule has 1 saturated carbocycles. The Morgan fingerprint density at radius 2 is 2.05 bits per heavy atom. The molecule has 4 heteroatoms. The first kappa shape index (κ1) is 12.2. The smallest absolute Gasteiger partial charge is 0.207 e. The molecule has 1 aromatic heterocycles. The zero-order valence-electron chi connectivity index (χ0n) is 10.8. The highest BCUT2D eigenvalue weighted by Crippen LogP contribution is 2.22. The molecule has 0 amide bonds. The van der Waals surface area contributed by atoms with Crippen molar-refractivity contribution in [3.05, 3.63) is 42.5 Å². The number of imidazole rings is 1. The third-order valence-electron chi connectivity index (χ3n) is 3.67. The summed E-state index contributed by atoms with van der Waals surface area (Å²) in [6, 6.07) is 7.07. The Balaban J connectivity index is 1.81. The second kappa shape index (κ2) is 5.43. The Hall–Kier alpha value is -1.84. The Labute approximate surface area is 112 Å². The molecular weight excluding hydrogens is 241 g/mol. The van der Waals surface area contributed by atoms with Crippen LogP contribution in [0.25, 0.3) is 5.69 Å². The van der Waals surface area contributed by atoms with E-state index in [0.717, 1.165) is 11.6 Å². The van der Waals surface area contributed by atoms with Crippen molar-refractivity contribution in [1.29, 1.82) is 0 Å². The van der Waals surface area contributed by atoms with Crippen LogP contribution in [0.4, 0.5) is 10.3 Å². The van der Waals surface area contributed by atoms with E-state index in [1.807, 2.05) is 16.8 Å². The minimum atomic E-state index is -0.227. The van der Waals surface area contributed by atoms with E-state index in [1.54, 1.807) is 12.3 Å². The molecule has 1 aliphatic rings. The van der Waals surface area contributed by atoms with Gasteiger partial charge in [-0.25, -0.2) is 9.37 Å². The van der Waals surface area contributed by atoms with Crippen molar-refractivity contribution >= 4 is 5.95 Å². The Morgan fingerprint density at radius 1 is 1.21 bits per heavy atom. The Bertz CT molecular complexity index is 544. The highest BCUT2D eigenvalue weighted by Gasteiger charge is 2.15. The molecule has 0 unspecified atom stereocenters. The van der Waals surface area contributed by atoms with Crippen LogP contribution in [0.5, 0.6) is 0 Å². The number of hydrogen-bond donors (Lipinski definition) is 1. The topological polar surface area (TPSA) is 29.9 Å². The van der Waals surface area contributed by atoms with Gasteiger partial charge in [-0.2, -0.15) is 0 Å². The molecule has 3 rings (SSSR count). The summed E-state index contributed by atoms with van der Waals surface area (Å²) >= 11 is 0. The van der Waals surface area contributed by atoms with Crippen molar-refractivity contribution in [1.82, 2.24) is 9.55 Å². The van der Waals surface area contributed by atoms with Crippen molar-refractivity contribution in [2.45, 2.75) is 38.1 Å². The van der Waals surface area contributed by atoms with Gasteiger partial charge in [-0.05, 0) is 31.0 Å². The molecule has 0 spiro atoms. The van der Waals surface area contributed by atoms with E-state index >= 15 is 0 Å². The molecule has 0 saturated heterocycles. The SMILES string of the molecule is Fc1cccc(-n2ccnc2NC2CCCCC2)c1. The monoisotopic (exact) mass is 259 g/mol. The molecular formula is C15H18FN3.